The van der Waals surface area contributed by atoms with E-state index in [9.17, 15) is 0 Å². The molecule has 4 nitrogen and oxygen atoms in total. The second-order valence-corrected chi connectivity index (χ2v) is 42.1. The third-order valence-electron chi connectivity index (χ3n) is 18.6. The van der Waals surface area contributed by atoms with Crippen molar-refractivity contribution in [3.63, 3.8) is 0 Å². The highest BCUT2D eigenvalue weighted by Crippen LogP contribution is 2.40. The van der Waals surface area contributed by atoms with Gasteiger partial charge in [-0.15, -0.1) is 0 Å². The van der Waals surface area contributed by atoms with Crippen LogP contribution in [-0.2, 0) is 0 Å². The number of para-hydroxylation sites is 3. The maximum atomic E-state index is 6.40. The second kappa shape index (κ2) is 50.2. The standard InChI is InChI=1S/2C15H26OSi.C11H16O.C10H14O.3C10H14.2C8H10.2CH4/c1-12(2)13-9-8-10-14(11-13)16-17(6,7)15(3,4)5;1-12(2)13-10-8-9-11-14(13)16-17(6,7)15(3,4)5;1-4-12-11-8-6-5-7-10(11)9(2)3;1-8(2)9-6-4-5-7-10(9)11-3;2*1-8(2)10-6-4-9(3)5-7-10;1-8(2)10-6-4-5-9(3)7-10;1-7-3-5-8(2)6-4-7;1-7-4-3-5-8(2)6-7;;/h2*8-12H,1-7H3;5-9H,4H2,1-3H3;4-8H,1-3H3;3*4-8H,1-3H3;2*3-6H,1-2H3;2*1H4. The number of methoxy groups -OCH3 is 1. The molecule has 580 valence electrons. The van der Waals surface area contributed by atoms with Gasteiger partial charge in [0.15, 0.2) is 0 Å². The molecule has 0 unspecified atom stereocenters. The Bertz CT molecular complexity index is 3620. The van der Waals surface area contributed by atoms with Gasteiger partial charge in [0.1, 0.15) is 23.0 Å². The van der Waals surface area contributed by atoms with E-state index in [1.165, 1.54) is 77.9 Å². The van der Waals surface area contributed by atoms with Crippen molar-refractivity contribution in [2.75, 3.05) is 13.7 Å². The molecule has 0 N–H and O–H groups in total. The van der Waals surface area contributed by atoms with Gasteiger partial charge in [0.25, 0.3) is 0 Å². The van der Waals surface area contributed by atoms with Crippen LogP contribution in [0.25, 0.3) is 0 Å². The zero-order valence-corrected chi connectivity index (χ0v) is 73.2. The Morgan fingerprint density at radius 2 is 0.571 bits per heavy atom. The van der Waals surface area contributed by atoms with Crippen LogP contribution >= 0.6 is 0 Å². The highest BCUT2D eigenvalue weighted by Gasteiger charge is 2.40. The first-order chi connectivity index (χ1) is 48.0. The molecule has 6 heteroatoms. The van der Waals surface area contributed by atoms with Gasteiger partial charge in [-0.2, -0.15) is 0 Å². The Morgan fingerprint density at radius 1 is 0.286 bits per heavy atom. The Labute approximate surface area is 650 Å². The second-order valence-electron chi connectivity index (χ2n) is 32.7. The normalized spacial score (nSPS) is 10.8. The number of hydrogen-bond donors (Lipinski definition) is 0. The topological polar surface area (TPSA) is 36.9 Å². The van der Waals surface area contributed by atoms with Crippen LogP contribution in [0.5, 0.6) is 23.0 Å². The number of benzene rings is 9. The summed E-state index contributed by atoms with van der Waals surface area (Å²) >= 11 is 0. The summed E-state index contributed by atoms with van der Waals surface area (Å²) in [5, 5.41) is 0.498. The van der Waals surface area contributed by atoms with Gasteiger partial charge < -0.3 is 18.3 Å². The van der Waals surface area contributed by atoms with Crippen molar-refractivity contribution >= 4 is 16.6 Å². The molecule has 0 saturated heterocycles. The van der Waals surface area contributed by atoms with Crippen molar-refractivity contribution in [2.45, 2.75) is 286 Å². The Morgan fingerprint density at radius 3 is 0.867 bits per heavy atom. The van der Waals surface area contributed by atoms with Gasteiger partial charge in [0.2, 0.25) is 16.6 Å². The lowest BCUT2D eigenvalue weighted by Gasteiger charge is -2.37. The van der Waals surface area contributed by atoms with Crippen LogP contribution in [-0.4, -0.2) is 30.4 Å². The van der Waals surface area contributed by atoms with Crippen molar-refractivity contribution in [1.29, 1.82) is 0 Å². The summed E-state index contributed by atoms with van der Waals surface area (Å²) < 4.78 is 23.4. The van der Waals surface area contributed by atoms with Crippen LogP contribution in [0.2, 0.25) is 36.3 Å². The predicted octanol–water partition coefficient (Wildman–Crippen LogP) is 31.6. The molecular formula is C99H152O4Si2. The summed E-state index contributed by atoms with van der Waals surface area (Å²) in [6.07, 6.45) is 0. The zero-order chi connectivity index (χ0) is 78.4. The summed E-state index contributed by atoms with van der Waals surface area (Å²) in [5.74, 6) is 8.21. The maximum absolute atomic E-state index is 6.40. The number of aryl methyl sites for hydroxylation is 7. The monoisotopic (exact) mass is 1460 g/mol. The lowest BCUT2D eigenvalue weighted by molar-refractivity contribution is 0.335. The van der Waals surface area contributed by atoms with Crippen LogP contribution in [0.1, 0.15) is 280 Å². The molecule has 0 aromatic heterocycles. The third kappa shape index (κ3) is 40.2. The van der Waals surface area contributed by atoms with Crippen molar-refractivity contribution in [3.8, 4) is 23.0 Å². The van der Waals surface area contributed by atoms with Gasteiger partial charge in [0.05, 0.1) is 13.7 Å². The molecular weight excluding hydrogens is 1310 g/mol. The molecule has 0 saturated carbocycles. The van der Waals surface area contributed by atoms with Crippen molar-refractivity contribution in [3.05, 3.63) is 296 Å². The van der Waals surface area contributed by atoms with Gasteiger partial charge >= 0.3 is 0 Å². The smallest absolute Gasteiger partial charge is 0.250 e. The SMILES string of the molecule is C.C.CC(C)c1cccc(O[Si](C)(C)C(C)(C)C)c1.CC(C)c1ccccc1O[Si](C)(C)C(C)(C)C.CCOc1ccccc1C(C)C.COc1ccccc1C(C)C.Cc1ccc(C(C)C)cc1.Cc1ccc(C(C)C)cc1.Cc1ccc(C)cc1.Cc1cccc(C(C)C)c1.Cc1cccc(C)c1. The van der Waals surface area contributed by atoms with Crippen LogP contribution in [0.3, 0.4) is 0 Å². The first-order valence-corrected chi connectivity index (χ1v) is 44.0. The molecule has 0 aliphatic carbocycles. The van der Waals surface area contributed by atoms with Crippen LogP contribution in [0, 0.1) is 48.5 Å². The summed E-state index contributed by atoms with van der Waals surface area (Å²) in [6.45, 7) is 71.1. The van der Waals surface area contributed by atoms with E-state index in [1.54, 1.807) is 7.11 Å². The number of hydrogen-bond acceptors (Lipinski definition) is 4. The molecule has 9 aromatic carbocycles. The van der Waals surface area contributed by atoms with Gasteiger partial charge in [-0.25, -0.2) is 0 Å². The molecule has 0 heterocycles. The van der Waals surface area contributed by atoms with Crippen LogP contribution < -0.4 is 18.3 Å². The molecule has 9 aromatic rings. The van der Waals surface area contributed by atoms with E-state index in [0.717, 1.165) is 29.6 Å². The molecule has 0 aliphatic heterocycles. The number of rotatable bonds is 14. The molecule has 0 amide bonds. The average Bonchev–Trinajstić information content (AvgIpc) is 0.825. The fraction of sp³-hybridized carbons (Fsp3) is 0.455. The quantitative estimate of drug-likeness (QED) is 0.102. The fourth-order valence-corrected chi connectivity index (χ4v) is 11.7. The molecule has 9 rings (SSSR count). The molecule has 0 spiro atoms. The zero-order valence-electron chi connectivity index (χ0n) is 71.2. The van der Waals surface area contributed by atoms with E-state index in [-0.39, 0.29) is 24.9 Å². The first-order valence-electron chi connectivity index (χ1n) is 38.1. The van der Waals surface area contributed by atoms with Crippen molar-refractivity contribution in [1.82, 2.24) is 0 Å². The first kappa shape index (κ1) is 99.7. The van der Waals surface area contributed by atoms with Crippen LogP contribution in [0.4, 0.5) is 0 Å². The van der Waals surface area contributed by atoms with E-state index in [2.05, 4.69) is 401 Å². The Hall–Kier alpha value is -7.39. The summed E-state index contributed by atoms with van der Waals surface area (Å²) in [7, 11) is -1.72. The van der Waals surface area contributed by atoms with E-state index in [1.807, 2.05) is 37.3 Å². The molecule has 105 heavy (non-hydrogen) atoms. The predicted molar refractivity (Wildman–Crippen MR) is 477 cm³/mol. The highest BCUT2D eigenvalue weighted by molar-refractivity contribution is 6.75. The lowest BCUT2D eigenvalue weighted by atomic mass is 10.0. The fourth-order valence-electron chi connectivity index (χ4n) is 9.63. The Kier molecular flexibility index (Phi) is 47.7. The summed E-state index contributed by atoms with van der Waals surface area (Å²) in [6, 6.07) is 76.3. The molecule has 0 aliphatic rings. The lowest BCUT2D eigenvalue weighted by Crippen LogP contribution is -2.44. The van der Waals surface area contributed by atoms with Crippen LogP contribution in [0.15, 0.2) is 218 Å². The van der Waals surface area contributed by atoms with E-state index >= 15 is 0 Å². The van der Waals surface area contributed by atoms with Gasteiger partial charge in [-0.05, 0) is 202 Å². The Balaban J connectivity index is 0. The van der Waals surface area contributed by atoms with Crippen molar-refractivity contribution < 1.29 is 18.3 Å². The molecule has 0 radical (unpaired) electrons. The van der Waals surface area contributed by atoms with Gasteiger partial charge in [-0.3, -0.25) is 0 Å². The average molecular weight is 1460 g/mol. The van der Waals surface area contributed by atoms with Crippen molar-refractivity contribution in [2.24, 2.45) is 0 Å². The molecule has 0 bridgehead atoms. The van der Waals surface area contributed by atoms with Gasteiger partial charge in [-0.1, -0.05) is 380 Å². The summed E-state index contributed by atoms with van der Waals surface area (Å²) in [5.41, 5.74) is 18.9. The largest absolute Gasteiger partial charge is 0.543 e. The van der Waals surface area contributed by atoms with E-state index < -0.39 is 16.6 Å². The highest BCUT2D eigenvalue weighted by atomic mass is 28.4. The van der Waals surface area contributed by atoms with Gasteiger partial charge in [0, 0.05) is 0 Å². The minimum Gasteiger partial charge on any atom is -0.543 e. The molecule has 0 atom stereocenters. The minimum atomic E-state index is -1.72. The van der Waals surface area contributed by atoms with E-state index in [0.29, 0.717) is 41.4 Å². The number of ether oxygens (including phenoxy) is 2. The maximum Gasteiger partial charge on any atom is 0.250 e. The summed E-state index contributed by atoms with van der Waals surface area (Å²) in [4.78, 5) is 0. The molecule has 0 fully saturated rings. The third-order valence-corrected chi connectivity index (χ3v) is 27.3. The van der Waals surface area contributed by atoms with E-state index in [4.69, 9.17) is 18.3 Å². The minimum absolute atomic E-state index is 0.